The van der Waals surface area contributed by atoms with Crippen molar-refractivity contribution in [1.82, 2.24) is 14.9 Å². The van der Waals surface area contributed by atoms with Crippen LogP contribution in [-0.4, -0.2) is 53.0 Å². The molecule has 1 aliphatic carbocycles. The van der Waals surface area contributed by atoms with Crippen LogP contribution in [0.15, 0.2) is 24.5 Å². The molecule has 2 heterocycles. The standard InChI is InChI=1S/C23H27F5N6O/c24-18-9-16(23(26,27)28)2-1-15(18)11-34(17-3-4-17)22-20(25)21(31-13-32-22)30-10-14-5-7-33(8-6-14)12-19(29)35/h1-2,9,13-14,17H,3-8,10-12H2,(H2,29,35)(H,30,31,32). The van der Waals surface area contributed by atoms with Crippen LogP contribution in [0.3, 0.4) is 0 Å². The van der Waals surface area contributed by atoms with Crippen molar-refractivity contribution in [3.8, 4) is 0 Å². The van der Waals surface area contributed by atoms with Crippen molar-refractivity contribution < 1.29 is 26.7 Å². The molecule has 0 radical (unpaired) electrons. The van der Waals surface area contributed by atoms with Crippen LogP contribution >= 0.6 is 0 Å². The van der Waals surface area contributed by atoms with E-state index in [4.69, 9.17) is 5.73 Å². The zero-order valence-electron chi connectivity index (χ0n) is 19.0. The maximum atomic E-state index is 15.4. The number of rotatable bonds is 9. The van der Waals surface area contributed by atoms with E-state index in [2.05, 4.69) is 15.3 Å². The lowest BCUT2D eigenvalue weighted by molar-refractivity contribution is -0.137. The predicted octanol–water partition coefficient (Wildman–Crippen LogP) is 3.55. The van der Waals surface area contributed by atoms with E-state index in [1.807, 2.05) is 4.90 Å². The van der Waals surface area contributed by atoms with E-state index in [-0.39, 0.29) is 48.2 Å². The summed E-state index contributed by atoms with van der Waals surface area (Å²) in [4.78, 5) is 22.7. The van der Waals surface area contributed by atoms with E-state index >= 15 is 4.39 Å². The van der Waals surface area contributed by atoms with Gasteiger partial charge in [-0.05, 0) is 56.8 Å². The fraction of sp³-hybridized carbons (Fsp3) is 0.522. The van der Waals surface area contributed by atoms with Gasteiger partial charge in [-0.3, -0.25) is 9.69 Å². The number of piperidine rings is 1. The summed E-state index contributed by atoms with van der Waals surface area (Å²) in [6.07, 6.45) is -0.290. The zero-order valence-corrected chi connectivity index (χ0v) is 19.0. The van der Waals surface area contributed by atoms with Crippen LogP contribution < -0.4 is 16.0 Å². The molecule has 0 atom stereocenters. The third-order valence-electron chi connectivity index (χ3n) is 6.40. The molecule has 1 amide bonds. The first kappa shape index (κ1) is 25.1. The number of anilines is 2. The average Bonchev–Trinajstić information content (AvgIpc) is 3.63. The molecular formula is C23H27F5N6O. The number of nitrogens with two attached hydrogens (primary N) is 1. The van der Waals surface area contributed by atoms with E-state index in [1.54, 1.807) is 4.90 Å². The summed E-state index contributed by atoms with van der Waals surface area (Å²) in [6, 6.07) is 2.28. The number of nitrogens with zero attached hydrogens (tertiary/aromatic N) is 4. The Hall–Kier alpha value is -3.02. The van der Waals surface area contributed by atoms with Gasteiger partial charge in [0, 0.05) is 24.7 Å². The van der Waals surface area contributed by atoms with Gasteiger partial charge in [-0.25, -0.2) is 14.4 Å². The van der Waals surface area contributed by atoms with E-state index in [0.29, 0.717) is 12.6 Å². The van der Waals surface area contributed by atoms with Crippen molar-refractivity contribution >= 4 is 17.5 Å². The Morgan fingerprint density at radius 2 is 1.86 bits per heavy atom. The highest BCUT2D eigenvalue weighted by Gasteiger charge is 2.35. The van der Waals surface area contributed by atoms with E-state index in [1.165, 1.54) is 6.33 Å². The summed E-state index contributed by atoms with van der Waals surface area (Å²) in [6.45, 7) is 2.04. The van der Waals surface area contributed by atoms with E-state index in [9.17, 15) is 22.4 Å². The first-order valence-corrected chi connectivity index (χ1v) is 11.5. The van der Waals surface area contributed by atoms with Crippen LogP contribution in [0.25, 0.3) is 0 Å². The maximum absolute atomic E-state index is 15.4. The van der Waals surface area contributed by atoms with Crippen LogP contribution in [0.5, 0.6) is 0 Å². The lowest BCUT2D eigenvalue weighted by Crippen LogP contribution is -2.40. The summed E-state index contributed by atoms with van der Waals surface area (Å²) >= 11 is 0. The van der Waals surface area contributed by atoms with E-state index in [0.717, 1.165) is 50.9 Å². The molecule has 1 aliphatic heterocycles. The molecule has 2 fully saturated rings. The normalized spacial score (nSPS) is 17.4. The molecule has 1 saturated carbocycles. The van der Waals surface area contributed by atoms with Crippen LogP contribution in [0.2, 0.25) is 0 Å². The largest absolute Gasteiger partial charge is 0.416 e. The predicted molar refractivity (Wildman–Crippen MR) is 119 cm³/mol. The number of halogens is 5. The molecule has 1 aromatic heterocycles. The van der Waals surface area contributed by atoms with Gasteiger partial charge >= 0.3 is 6.18 Å². The second-order valence-corrected chi connectivity index (χ2v) is 9.09. The number of carbonyl (C=O) groups is 1. The SMILES string of the molecule is NC(=O)CN1CCC(CNc2ncnc(N(Cc3ccc(C(F)(F)F)cc3F)C3CC3)c2F)CC1. The Morgan fingerprint density at radius 3 is 2.46 bits per heavy atom. The summed E-state index contributed by atoms with van der Waals surface area (Å²) in [5.74, 6) is -1.78. The van der Waals surface area contributed by atoms with Crippen molar-refractivity contribution in [1.29, 1.82) is 0 Å². The summed E-state index contributed by atoms with van der Waals surface area (Å²) in [5, 5.41) is 3.03. The van der Waals surface area contributed by atoms with Crippen molar-refractivity contribution in [3.05, 3.63) is 47.3 Å². The lowest BCUT2D eigenvalue weighted by Gasteiger charge is -2.31. The molecule has 7 nitrogen and oxygen atoms in total. The Labute approximate surface area is 199 Å². The van der Waals surface area contributed by atoms with Crippen molar-refractivity contribution in [2.24, 2.45) is 11.7 Å². The fourth-order valence-electron chi connectivity index (χ4n) is 4.29. The minimum atomic E-state index is -4.65. The van der Waals surface area contributed by atoms with Gasteiger partial charge in [-0.15, -0.1) is 0 Å². The molecule has 190 valence electrons. The van der Waals surface area contributed by atoms with Gasteiger partial charge in [0.25, 0.3) is 0 Å². The summed E-state index contributed by atoms with van der Waals surface area (Å²) < 4.78 is 68.4. The lowest BCUT2D eigenvalue weighted by atomic mass is 9.97. The number of likely N-dealkylation sites (tertiary alicyclic amines) is 1. The monoisotopic (exact) mass is 498 g/mol. The quantitative estimate of drug-likeness (QED) is 0.515. The van der Waals surface area contributed by atoms with Gasteiger partial charge in [-0.1, -0.05) is 6.07 Å². The Morgan fingerprint density at radius 1 is 1.14 bits per heavy atom. The highest BCUT2D eigenvalue weighted by Crippen LogP contribution is 2.36. The highest BCUT2D eigenvalue weighted by atomic mass is 19.4. The highest BCUT2D eigenvalue weighted by molar-refractivity contribution is 5.75. The number of benzene rings is 1. The third kappa shape index (κ3) is 6.36. The number of amides is 1. The number of aromatic nitrogens is 2. The Kier molecular flexibility index (Phi) is 7.39. The van der Waals surface area contributed by atoms with Crippen molar-refractivity contribution in [2.75, 3.05) is 36.4 Å². The second-order valence-electron chi connectivity index (χ2n) is 9.09. The molecule has 0 bridgehead atoms. The molecule has 4 rings (SSSR count). The van der Waals surface area contributed by atoms with Crippen LogP contribution in [-0.2, 0) is 17.5 Å². The summed E-state index contributed by atoms with van der Waals surface area (Å²) in [5.41, 5.74) is 4.19. The maximum Gasteiger partial charge on any atom is 0.416 e. The number of nitrogens with one attached hydrogen (secondary N) is 1. The van der Waals surface area contributed by atoms with Gasteiger partial charge in [0.2, 0.25) is 11.7 Å². The van der Waals surface area contributed by atoms with Gasteiger partial charge in [0.05, 0.1) is 12.1 Å². The average molecular weight is 499 g/mol. The van der Waals surface area contributed by atoms with Gasteiger partial charge in [0.15, 0.2) is 11.6 Å². The molecule has 2 aromatic rings. The zero-order chi connectivity index (χ0) is 25.2. The molecule has 0 spiro atoms. The molecule has 3 N–H and O–H groups in total. The van der Waals surface area contributed by atoms with Gasteiger partial charge < -0.3 is 16.0 Å². The van der Waals surface area contributed by atoms with Crippen LogP contribution in [0.1, 0.15) is 36.8 Å². The minimum absolute atomic E-state index is 0.0134. The fourth-order valence-corrected chi connectivity index (χ4v) is 4.29. The van der Waals surface area contributed by atoms with Crippen molar-refractivity contribution in [3.63, 3.8) is 0 Å². The van der Waals surface area contributed by atoms with Crippen molar-refractivity contribution in [2.45, 2.75) is 44.4 Å². The van der Waals surface area contributed by atoms with Crippen LogP contribution in [0.4, 0.5) is 33.6 Å². The smallest absolute Gasteiger partial charge is 0.369 e. The van der Waals surface area contributed by atoms with Gasteiger partial charge in [-0.2, -0.15) is 17.6 Å². The molecule has 35 heavy (non-hydrogen) atoms. The molecule has 0 unspecified atom stereocenters. The van der Waals surface area contributed by atoms with Crippen LogP contribution in [0, 0.1) is 17.6 Å². The molecular weight excluding hydrogens is 471 g/mol. The minimum Gasteiger partial charge on any atom is -0.369 e. The number of carbonyl (C=O) groups excluding carboxylic acids is 1. The first-order chi connectivity index (χ1) is 16.6. The first-order valence-electron chi connectivity index (χ1n) is 11.5. The Bertz CT molecular complexity index is 1050. The molecule has 1 saturated heterocycles. The van der Waals surface area contributed by atoms with E-state index < -0.39 is 23.4 Å². The number of primary amides is 1. The number of hydrogen-bond donors (Lipinski definition) is 2. The number of hydrogen-bond acceptors (Lipinski definition) is 6. The second kappa shape index (κ2) is 10.3. The summed E-state index contributed by atoms with van der Waals surface area (Å²) in [7, 11) is 0. The Balaban J connectivity index is 1.43. The molecule has 1 aromatic carbocycles. The molecule has 2 aliphatic rings. The topological polar surface area (TPSA) is 87.4 Å². The van der Waals surface area contributed by atoms with Gasteiger partial charge in [0.1, 0.15) is 12.1 Å². The third-order valence-corrected chi connectivity index (χ3v) is 6.40. The molecule has 12 heteroatoms. The number of alkyl halides is 3.